The number of halogens is 1. The van der Waals surface area contributed by atoms with Gasteiger partial charge in [0, 0.05) is 12.4 Å². The van der Waals surface area contributed by atoms with Crippen LogP contribution in [0.3, 0.4) is 0 Å². The van der Waals surface area contributed by atoms with E-state index in [0.717, 1.165) is 5.56 Å². The first-order valence-corrected chi connectivity index (χ1v) is 6.08. The van der Waals surface area contributed by atoms with E-state index < -0.39 is 0 Å². The number of pyridine rings is 2. The highest BCUT2D eigenvalue weighted by Crippen LogP contribution is 2.17. The monoisotopic (exact) mass is 276 g/mol. The summed E-state index contributed by atoms with van der Waals surface area (Å²) < 4.78 is 0. The fourth-order valence-corrected chi connectivity index (χ4v) is 1.81. The van der Waals surface area contributed by atoms with Crippen molar-refractivity contribution in [3.05, 3.63) is 52.9 Å². The van der Waals surface area contributed by atoms with E-state index in [9.17, 15) is 4.79 Å². The zero-order valence-electron chi connectivity index (χ0n) is 10.3. The van der Waals surface area contributed by atoms with Gasteiger partial charge in [0.25, 0.3) is 5.91 Å². The van der Waals surface area contributed by atoms with Gasteiger partial charge < -0.3 is 11.1 Å². The molecule has 0 bridgehead atoms. The number of nitrogens with zero attached hydrogens (tertiary/aromatic N) is 2. The quantitative estimate of drug-likeness (QED) is 0.900. The molecule has 98 valence electrons. The molecule has 0 fully saturated rings. The van der Waals surface area contributed by atoms with Gasteiger partial charge in [0.2, 0.25) is 0 Å². The zero-order chi connectivity index (χ0) is 13.8. The van der Waals surface area contributed by atoms with Gasteiger partial charge in [0.05, 0.1) is 11.1 Å². The number of aromatic nitrogens is 2. The number of anilines is 1. The lowest BCUT2D eigenvalue weighted by molar-refractivity contribution is 0.0935. The number of nitrogens with two attached hydrogens (primary N) is 1. The minimum atomic E-state index is -0.360. The Kier molecular flexibility index (Phi) is 3.97. The van der Waals surface area contributed by atoms with Gasteiger partial charge in [0.1, 0.15) is 11.5 Å². The molecule has 3 N–H and O–H groups in total. The topological polar surface area (TPSA) is 80.9 Å². The standard InChI is InChI=1S/C13H13ClN4O/c1-8(9-4-6-16-7-5-9)17-13(19)12-10(14)2-3-11(15)18-12/h2-8H,1H3,(H2,15,18)(H,17,19). The van der Waals surface area contributed by atoms with Crippen molar-refractivity contribution in [2.75, 3.05) is 5.73 Å². The van der Waals surface area contributed by atoms with Crippen LogP contribution in [0.2, 0.25) is 5.02 Å². The Hall–Kier alpha value is -2.14. The first kappa shape index (κ1) is 13.3. The van der Waals surface area contributed by atoms with Crippen LogP contribution in [0.15, 0.2) is 36.7 Å². The summed E-state index contributed by atoms with van der Waals surface area (Å²) in [7, 11) is 0. The number of carbonyl (C=O) groups excluding carboxylic acids is 1. The number of rotatable bonds is 3. The van der Waals surface area contributed by atoms with Gasteiger partial charge in [-0.1, -0.05) is 11.6 Å². The molecule has 2 heterocycles. The Morgan fingerprint density at radius 1 is 1.32 bits per heavy atom. The van der Waals surface area contributed by atoms with Gasteiger partial charge in [-0.15, -0.1) is 0 Å². The Morgan fingerprint density at radius 2 is 2.00 bits per heavy atom. The van der Waals surface area contributed by atoms with Crippen molar-refractivity contribution in [2.45, 2.75) is 13.0 Å². The molecular formula is C13H13ClN4O. The SMILES string of the molecule is CC(NC(=O)c1nc(N)ccc1Cl)c1ccncc1. The molecule has 0 aromatic carbocycles. The van der Waals surface area contributed by atoms with Crippen LogP contribution in [0.5, 0.6) is 0 Å². The Labute approximate surface area is 115 Å². The Morgan fingerprint density at radius 3 is 2.68 bits per heavy atom. The van der Waals surface area contributed by atoms with Gasteiger partial charge in [-0.3, -0.25) is 9.78 Å². The van der Waals surface area contributed by atoms with E-state index in [1.54, 1.807) is 24.5 Å². The molecule has 5 nitrogen and oxygen atoms in total. The predicted molar refractivity (Wildman–Crippen MR) is 73.8 cm³/mol. The number of nitrogens with one attached hydrogen (secondary N) is 1. The van der Waals surface area contributed by atoms with E-state index in [-0.39, 0.29) is 28.5 Å². The average Bonchev–Trinajstić information content (AvgIpc) is 2.42. The average molecular weight is 277 g/mol. The van der Waals surface area contributed by atoms with Crippen LogP contribution < -0.4 is 11.1 Å². The zero-order valence-corrected chi connectivity index (χ0v) is 11.1. The minimum absolute atomic E-state index is 0.127. The number of amides is 1. The summed E-state index contributed by atoms with van der Waals surface area (Å²) in [5.74, 6) is -0.104. The summed E-state index contributed by atoms with van der Waals surface area (Å²) in [6.45, 7) is 1.87. The van der Waals surface area contributed by atoms with Crippen LogP contribution in [0, 0.1) is 0 Å². The lowest BCUT2D eigenvalue weighted by atomic mass is 10.1. The Balaban J connectivity index is 2.15. The van der Waals surface area contributed by atoms with Crippen molar-refractivity contribution < 1.29 is 4.79 Å². The minimum Gasteiger partial charge on any atom is -0.384 e. The summed E-state index contributed by atoms with van der Waals surface area (Å²) in [4.78, 5) is 19.9. The van der Waals surface area contributed by atoms with Crippen LogP contribution in [0.4, 0.5) is 5.82 Å². The van der Waals surface area contributed by atoms with Crippen molar-refractivity contribution in [3.63, 3.8) is 0 Å². The molecule has 1 unspecified atom stereocenters. The van der Waals surface area contributed by atoms with Gasteiger partial charge in [-0.05, 0) is 36.8 Å². The van der Waals surface area contributed by atoms with Crippen LogP contribution >= 0.6 is 11.6 Å². The highest BCUT2D eigenvalue weighted by molar-refractivity contribution is 6.33. The van der Waals surface area contributed by atoms with E-state index in [1.807, 2.05) is 19.1 Å². The summed E-state index contributed by atoms with van der Waals surface area (Å²) in [6, 6.07) is 6.59. The molecule has 19 heavy (non-hydrogen) atoms. The maximum absolute atomic E-state index is 12.1. The molecule has 0 aliphatic carbocycles. The Bertz CT molecular complexity index is 588. The summed E-state index contributed by atoms with van der Waals surface area (Å²) in [5.41, 5.74) is 6.62. The van der Waals surface area contributed by atoms with Crippen molar-refractivity contribution in [1.29, 1.82) is 0 Å². The van der Waals surface area contributed by atoms with E-state index in [1.165, 1.54) is 0 Å². The van der Waals surface area contributed by atoms with Crippen molar-refractivity contribution in [2.24, 2.45) is 0 Å². The number of hydrogen-bond donors (Lipinski definition) is 2. The normalized spacial score (nSPS) is 11.9. The molecule has 1 amide bonds. The summed E-state index contributed by atoms with van der Waals surface area (Å²) in [5, 5.41) is 3.08. The van der Waals surface area contributed by atoms with Crippen molar-refractivity contribution >= 4 is 23.3 Å². The fraction of sp³-hybridized carbons (Fsp3) is 0.154. The van der Waals surface area contributed by atoms with Gasteiger partial charge >= 0.3 is 0 Å². The van der Waals surface area contributed by atoms with Crippen molar-refractivity contribution in [3.8, 4) is 0 Å². The molecule has 0 spiro atoms. The lowest BCUT2D eigenvalue weighted by Gasteiger charge is -2.14. The molecule has 0 aliphatic heterocycles. The van der Waals surface area contributed by atoms with E-state index in [2.05, 4.69) is 15.3 Å². The first-order chi connectivity index (χ1) is 9.08. The van der Waals surface area contributed by atoms with Gasteiger partial charge in [-0.25, -0.2) is 4.98 Å². The smallest absolute Gasteiger partial charge is 0.271 e. The maximum atomic E-state index is 12.1. The molecular weight excluding hydrogens is 264 g/mol. The van der Waals surface area contributed by atoms with Gasteiger partial charge in [-0.2, -0.15) is 0 Å². The molecule has 6 heteroatoms. The molecule has 2 rings (SSSR count). The van der Waals surface area contributed by atoms with E-state index in [0.29, 0.717) is 0 Å². The van der Waals surface area contributed by atoms with E-state index in [4.69, 9.17) is 17.3 Å². The number of hydrogen-bond acceptors (Lipinski definition) is 4. The van der Waals surface area contributed by atoms with Crippen LogP contribution in [-0.2, 0) is 0 Å². The second kappa shape index (κ2) is 5.67. The highest BCUT2D eigenvalue weighted by Gasteiger charge is 2.15. The molecule has 2 aromatic heterocycles. The molecule has 1 atom stereocenters. The first-order valence-electron chi connectivity index (χ1n) is 5.70. The van der Waals surface area contributed by atoms with Crippen LogP contribution in [0.25, 0.3) is 0 Å². The number of carbonyl (C=O) groups is 1. The summed E-state index contributed by atoms with van der Waals surface area (Å²) >= 11 is 5.93. The highest BCUT2D eigenvalue weighted by atomic mass is 35.5. The fourth-order valence-electron chi connectivity index (χ4n) is 1.62. The van der Waals surface area contributed by atoms with Gasteiger partial charge in [0.15, 0.2) is 0 Å². The lowest BCUT2D eigenvalue weighted by Crippen LogP contribution is -2.27. The molecule has 0 saturated carbocycles. The number of nitrogen functional groups attached to an aromatic ring is 1. The second-order valence-electron chi connectivity index (χ2n) is 4.04. The second-order valence-corrected chi connectivity index (χ2v) is 4.45. The van der Waals surface area contributed by atoms with Crippen LogP contribution in [0.1, 0.15) is 29.0 Å². The third-order valence-corrected chi connectivity index (χ3v) is 2.94. The molecule has 2 aromatic rings. The maximum Gasteiger partial charge on any atom is 0.271 e. The molecule has 0 saturated heterocycles. The van der Waals surface area contributed by atoms with E-state index >= 15 is 0 Å². The van der Waals surface area contributed by atoms with Crippen LogP contribution in [-0.4, -0.2) is 15.9 Å². The third kappa shape index (κ3) is 3.20. The third-order valence-electron chi connectivity index (χ3n) is 2.64. The summed E-state index contributed by atoms with van der Waals surface area (Å²) in [6.07, 6.45) is 3.34. The largest absolute Gasteiger partial charge is 0.384 e. The molecule has 0 radical (unpaired) electrons. The predicted octanol–water partition coefficient (Wildman–Crippen LogP) is 2.20. The molecule has 0 aliphatic rings. The van der Waals surface area contributed by atoms with Crippen molar-refractivity contribution in [1.82, 2.24) is 15.3 Å².